The first-order valence-electron chi connectivity index (χ1n) is 8.27. The molecule has 0 bridgehead atoms. The smallest absolute Gasteiger partial charge is 0.131 e. The molecule has 0 spiro atoms. The van der Waals surface area contributed by atoms with Crippen LogP contribution in [0.5, 0.6) is 0 Å². The van der Waals surface area contributed by atoms with Crippen LogP contribution >= 0.6 is 0 Å². The Hall–Kier alpha value is -1.29. The van der Waals surface area contributed by atoms with E-state index in [1.165, 1.54) is 24.8 Å². The van der Waals surface area contributed by atoms with Crippen LogP contribution in [-0.4, -0.2) is 37.2 Å². The van der Waals surface area contributed by atoms with Gasteiger partial charge >= 0.3 is 0 Å². The highest BCUT2D eigenvalue weighted by Gasteiger charge is 2.22. The molecule has 2 aliphatic rings. The molecule has 1 aliphatic heterocycles. The second-order valence-corrected chi connectivity index (χ2v) is 7.36. The minimum atomic E-state index is 0.155. The summed E-state index contributed by atoms with van der Waals surface area (Å²) in [5, 5.41) is 7.03. The molecular formula is C17H28N4. The summed E-state index contributed by atoms with van der Waals surface area (Å²) in [7, 11) is 0. The van der Waals surface area contributed by atoms with E-state index < -0.39 is 0 Å². The predicted molar refractivity (Wildman–Crippen MR) is 89.3 cm³/mol. The zero-order valence-corrected chi connectivity index (χ0v) is 13.6. The van der Waals surface area contributed by atoms with Gasteiger partial charge in [-0.1, -0.05) is 20.8 Å². The largest absolute Gasteiger partial charge is 0.367 e. The van der Waals surface area contributed by atoms with Crippen LogP contribution in [0.25, 0.3) is 0 Å². The summed E-state index contributed by atoms with van der Waals surface area (Å²) in [6, 6.07) is 5.14. The van der Waals surface area contributed by atoms with E-state index in [4.69, 9.17) is 4.98 Å². The van der Waals surface area contributed by atoms with Crippen molar-refractivity contribution in [3.8, 4) is 0 Å². The van der Waals surface area contributed by atoms with Crippen LogP contribution in [0.2, 0.25) is 0 Å². The lowest BCUT2D eigenvalue weighted by Crippen LogP contribution is -2.44. The Morgan fingerprint density at radius 2 is 1.90 bits per heavy atom. The summed E-state index contributed by atoms with van der Waals surface area (Å²) in [4.78, 5) is 7.28. The lowest BCUT2D eigenvalue weighted by Gasteiger charge is -2.32. The number of rotatable bonds is 3. The second kappa shape index (κ2) is 5.84. The summed E-state index contributed by atoms with van der Waals surface area (Å²) < 4.78 is 0. The van der Waals surface area contributed by atoms with Crippen LogP contribution in [0.4, 0.5) is 11.6 Å². The minimum absolute atomic E-state index is 0.155. The van der Waals surface area contributed by atoms with E-state index in [0.29, 0.717) is 6.04 Å². The molecule has 1 saturated heterocycles. The monoisotopic (exact) mass is 288 g/mol. The van der Waals surface area contributed by atoms with Crippen molar-refractivity contribution < 1.29 is 0 Å². The van der Waals surface area contributed by atoms with Gasteiger partial charge in [0.2, 0.25) is 0 Å². The molecule has 1 saturated carbocycles. The standard InChI is InChI=1S/C17H28N4/c1-17(2,3)13-11-15(19-14-5-4-6-14)20-16(12-13)21-9-7-18-8-10-21/h11-12,14,18H,4-10H2,1-3H3,(H,19,20). The Balaban J connectivity index is 1.87. The number of hydrogen-bond acceptors (Lipinski definition) is 4. The summed E-state index contributed by atoms with van der Waals surface area (Å²) >= 11 is 0. The first kappa shape index (κ1) is 14.6. The van der Waals surface area contributed by atoms with E-state index in [1.807, 2.05) is 0 Å². The van der Waals surface area contributed by atoms with E-state index >= 15 is 0 Å². The van der Waals surface area contributed by atoms with Gasteiger partial charge in [-0.3, -0.25) is 0 Å². The molecule has 2 fully saturated rings. The Labute approximate surface area is 128 Å². The molecule has 0 atom stereocenters. The van der Waals surface area contributed by atoms with Crippen molar-refractivity contribution in [1.29, 1.82) is 0 Å². The number of nitrogens with zero attached hydrogens (tertiary/aromatic N) is 2. The maximum absolute atomic E-state index is 4.88. The fourth-order valence-electron chi connectivity index (χ4n) is 2.84. The maximum Gasteiger partial charge on any atom is 0.131 e. The third-order valence-corrected chi connectivity index (χ3v) is 4.58. The zero-order chi connectivity index (χ0) is 14.9. The zero-order valence-electron chi connectivity index (χ0n) is 13.6. The third-order valence-electron chi connectivity index (χ3n) is 4.58. The van der Waals surface area contributed by atoms with E-state index in [0.717, 1.165) is 37.8 Å². The first-order chi connectivity index (χ1) is 10.0. The van der Waals surface area contributed by atoms with Gasteiger partial charge in [0.05, 0.1) is 0 Å². The molecule has 1 aromatic heterocycles. The highest BCUT2D eigenvalue weighted by molar-refractivity contribution is 5.53. The van der Waals surface area contributed by atoms with Crippen molar-refractivity contribution in [3.63, 3.8) is 0 Å². The SMILES string of the molecule is CC(C)(C)c1cc(NC2CCC2)nc(N2CCNCC2)c1. The van der Waals surface area contributed by atoms with Crippen molar-refractivity contribution in [2.24, 2.45) is 0 Å². The molecule has 21 heavy (non-hydrogen) atoms. The molecule has 116 valence electrons. The highest BCUT2D eigenvalue weighted by Crippen LogP contribution is 2.30. The summed E-state index contributed by atoms with van der Waals surface area (Å²) in [6.07, 6.45) is 3.91. The quantitative estimate of drug-likeness (QED) is 0.897. The number of hydrogen-bond donors (Lipinski definition) is 2. The van der Waals surface area contributed by atoms with E-state index in [9.17, 15) is 0 Å². The van der Waals surface area contributed by atoms with Crippen LogP contribution < -0.4 is 15.5 Å². The minimum Gasteiger partial charge on any atom is -0.367 e. The van der Waals surface area contributed by atoms with Crippen LogP contribution in [0, 0.1) is 0 Å². The lowest BCUT2D eigenvalue weighted by atomic mass is 9.87. The van der Waals surface area contributed by atoms with E-state index in [2.05, 4.69) is 48.4 Å². The summed E-state index contributed by atoms with van der Waals surface area (Å²) in [5.74, 6) is 2.19. The summed E-state index contributed by atoms with van der Waals surface area (Å²) in [6.45, 7) is 11.0. The first-order valence-corrected chi connectivity index (χ1v) is 8.27. The fourth-order valence-corrected chi connectivity index (χ4v) is 2.84. The highest BCUT2D eigenvalue weighted by atomic mass is 15.2. The van der Waals surface area contributed by atoms with Gasteiger partial charge in [0, 0.05) is 32.2 Å². The van der Waals surface area contributed by atoms with Crippen molar-refractivity contribution in [2.75, 3.05) is 36.4 Å². The molecule has 0 amide bonds. The van der Waals surface area contributed by atoms with Crippen molar-refractivity contribution >= 4 is 11.6 Å². The Morgan fingerprint density at radius 1 is 1.19 bits per heavy atom. The van der Waals surface area contributed by atoms with Gasteiger partial charge in [0.15, 0.2) is 0 Å². The number of nitrogens with one attached hydrogen (secondary N) is 2. The van der Waals surface area contributed by atoms with Gasteiger partial charge in [-0.15, -0.1) is 0 Å². The van der Waals surface area contributed by atoms with Gasteiger partial charge in [0.1, 0.15) is 11.6 Å². The molecule has 1 aliphatic carbocycles. The predicted octanol–water partition coefficient (Wildman–Crippen LogP) is 2.75. The van der Waals surface area contributed by atoms with Crippen LogP contribution in [-0.2, 0) is 5.41 Å². The molecule has 2 heterocycles. The van der Waals surface area contributed by atoms with Gasteiger partial charge in [-0.05, 0) is 42.4 Å². The average molecular weight is 288 g/mol. The summed E-state index contributed by atoms with van der Waals surface area (Å²) in [5.41, 5.74) is 1.52. The van der Waals surface area contributed by atoms with Gasteiger partial charge in [0.25, 0.3) is 0 Å². The third kappa shape index (κ3) is 3.49. The molecule has 4 heteroatoms. The van der Waals surface area contributed by atoms with Crippen molar-refractivity contribution in [2.45, 2.75) is 51.5 Å². The number of piperazine rings is 1. The topological polar surface area (TPSA) is 40.2 Å². The number of anilines is 2. The molecule has 0 radical (unpaired) electrons. The number of aromatic nitrogens is 1. The molecule has 0 unspecified atom stereocenters. The van der Waals surface area contributed by atoms with Gasteiger partial charge in [-0.25, -0.2) is 4.98 Å². The molecule has 3 rings (SSSR count). The number of pyridine rings is 1. The second-order valence-electron chi connectivity index (χ2n) is 7.36. The normalized spacial score (nSPS) is 20.2. The Morgan fingerprint density at radius 3 is 2.48 bits per heavy atom. The van der Waals surface area contributed by atoms with Crippen LogP contribution in [0.15, 0.2) is 12.1 Å². The fraction of sp³-hybridized carbons (Fsp3) is 0.706. The van der Waals surface area contributed by atoms with Crippen molar-refractivity contribution in [1.82, 2.24) is 10.3 Å². The lowest BCUT2D eigenvalue weighted by molar-refractivity contribution is 0.444. The van der Waals surface area contributed by atoms with Gasteiger partial charge in [-0.2, -0.15) is 0 Å². The molecule has 2 N–H and O–H groups in total. The maximum atomic E-state index is 4.88. The van der Waals surface area contributed by atoms with Gasteiger partial charge < -0.3 is 15.5 Å². The van der Waals surface area contributed by atoms with Crippen LogP contribution in [0.3, 0.4) is 0 Å². The molecule has 0 aromatic carbocycles. The molecule has 4 nitrogen and oxygen atoms in total. The van der Waals surface area contributed by atoms with E-state index in [-0.39, 0.29) is 5.41 Å². The Kier molecular flexibility index (Phi) is 4.07. The Bertz CT molecular complexity index is 482. The molecular weight excluding hydrogens is 260 g/mol. The van der Waals surface area contributed by atoms with Crippen LogP contribution in [0.1, 0.15) is 45.6 Å². The van der Waals surface area contributed by atoms with Crippen molar-refractivity contribution in [3.05, 3.63) is 17.7 Å². The van der Waals surface area contributed by atoms with E-state index in [1.54, 1.807) is 0 Å². The average Bonchev–Trinajstić information content (AvgIpc) is 2.43. The molecule has 1 aromatic rings.